The maximum absolute atomic E-state index is 13.9. The van der Waals surface area contributed by atoms with E-state index in [2.05, 4.69) is 24.1 Å². The SMILES string of the molecule is CCCNCc1ccc(F)c(CN2CCC(C)C2)c1. The van der Waals surface area contributed by atoms with Crippen molar-refractivity contribution in [1.82, 2.24) is 10.2 Å². The van der Waals surface area contributed by atoms with E-state index in [4.69, 9.17) is 0 Å². The third-order valence-electron chi connectivity index (χ3n) is 3.77. The standard InChI is InChI=1S/C16H25FN2/c1-3-7-18-10-14-4-5-16(17)15(9-14)12-19-8-6-13(2)11-19/h4-5,9,13,18H,3,6-8,10-12H2,1-2H3. The third-order valence-corrected chi connectivity index (χ3v) is 3.77. The molecule has 1 aromatic rings. The Morgan fingerprint density at radius 2 is 2.26 bits per heavy atom. The molecule has 0 aromatic heterocycles. The summed E-state index contributed by atoms with van der Waals surface area (Å²) in [6, 6.07) is 5.51. The lowest BCUT2D eigenvalue weighted by atomic mass is 10.1. The van der Waals surface area contributed by atoms with Crippen LogP contribution in [0.2, 0.25) is 0 Å². The van der Waals surface area contributed by atoms with Gasteiger partial charge in [0.15, 0.2) is 0 Å². The van der Waals surface area contributed by atoms with Gasteiger partial charge < -0.3 is 5.32 Å². The van der Waals surface area contributed by atoms with Crippen molar-refractivity contribution < 1.29 is 4.39 Å². The molecule has 1 aliphatic rings. The first kappa shape index (κ1) is 14.5. The van der Waals surface area contributed by atoms with E-state index in [1.54, 1.807) is 6.07 Å². The number of hydrogen-bond donors (Lipinski definition) is 1. The molecule has 106 valence electrons. The highest BCUT2D eigenvalue weighted by Gasteiger charge is 2.19. The first-order valence-electron chi connectivity index (χ1n) is 7.39. The monoisotopic (exact) mass is 264 g/mol. The molecule has 1 saturated heterocycles. The average molecular weight is 264 g/mol. The van der Waals surface area contributed by atoms with Gasteiger partial charge in [0, 0.05) is 25.2 Å². The summed E-state index contributed by atoms with van der Waals surface area (Å²) in [5, 5.41) is 3.36. The average Bonchev–Trinajstić information content (AvgIpc) is 2.79. The Bertz CT molecular complexity index is 406. The largest absolute Gasteiger partial charge is 0.313 e. The number of halogens is 1. The van der Waals surface area contributed by atoms with Crippen LogP contribution >= 0.6 is 0 Å². The Morgan fingerprint density at radius 1 is 1.42 bits per heavy atom. The van der Waals surface area contributed by atoms with Gasteiger partial charge in [-0.15, -0.1) is 0 Å². The second-order valence-electron chi connectivity index (χ2n) is 5.73. The van der Waals surface area contributed by atoms with Crippen LogP contribution in [0.5, 0.6) is 0 Å². The summed E-state index contributed by atoms with van der Waals surface area (Å²) >= 11 is 0. The van der Waals surface area contributed by atoms with Gasteiger partial charge in [0.25, 0.3) is 0 Å². The highest BCUT2D eigenvalue weighted by Crippen LogP contribution is 2.20. The van der Waals surface area contributed by atoms with Crippen LogP contribution in [0.3, 0.4) is 0 Å². The van der Waals surface area contributed by atoms with Gasteiger partial charge >= 0.3 is 0 Å². The highest BCUT2D eigenvalue weighted by molar-refractivity contribution is 5.25. The van der Waals surface area contributed by atoms with Crippen LogP contribution in [-0.4, -0.2) is 24.5 Å². The molecule has 0 radical (unpaired) electrons. The number of nitrogens with one attached hydrogen (secondary N) is 1. The predicted molar refractivity (Wildman–Crippen MR) is 77.5 cm³/mol. The van der Waals surface area contributed by atoms with E-state index in [1.165, 1.54) is 12.0 Å². The Hall–Kier alpha value is -0.930. The Kier molecular flexibility index (Phi) is 5.34. The molecule has 2 nitrogen and oxygen atoms in total. The quantitative estimate of drug-likeness (QED) is 0.794. The smallest absolute Gasteiger partial charge is 0.127 e. The van der Waals surface area contributed by atoms with Gasteiger partial charge in [-0.2, -0.15) is 0 Å². The van der Waals surface area contributed by atoms with E-state index in [9.17, 15) is 4.39 Å². The molecule has 0 saturated carbocycles. The van der Waals surface area contributed by atoms with E-state index >= 15 is 0 Å². The number of rotatable bonds is 6. The summed E-state index contributed by atoms with van der Waals surface area (Å²) in [6.07, 6.45) is 2.36. The summed E-state index contributed by atoms with van der Waals surface area (Å²) < 4.78 is 13.9. The topological polar surface area (TPSA) is 15.3 Å². The maximum Gasteiger partial charge on any atom is 0.127 e. The molecule has 1 aromatic carbocycles. The minimum atomic E-state index is -0.0706. The normalized spacial score (nSPS) is 20.1. The summed E-state index contributed by atoms with van der Waals surface area (Å²) in [7, 11) is 0. The number of nitrogens with zero attached hydrogens (tertiary/aromatic N) is 1. The van der Waals surface area contributed by atoms with Crippen LogP contribution in [0.4, 0.5) is 4.39 Å². The summed E-state index contributed by atoms with van der Waals surface area (Å²) in [6.45, 7) is 9.20. The van der Waals surface area contributed by atoms with Gasteiger partial charge in [0.2, 0.25) is 0 Å². The fraction of sp³-hybridized carbons (Fsp3) is 0.625. The van der Waals surface area contributed by atoms with E-state index in [-0.39, 0.29) is 5.82 Å². The molecule has 0 aliphatic carbocycles. The van der Waals surface area contributed by atoms with Crippen LogP contribution in [0.25, 0.3) is 0 Å². The van der Waals surface area contributed by atoms with E-state index in [0.29, 0.717) is 0 Å². The molecule has 1 unspecified atom stereocenters. The van der Waals surface area contributed by atoms with Gasteiger partial charge in [0.05, 0.1) is 0 Å². The molecule has 1 fully saturated rings. The van der Waals surface area contributed by atoms with Crippen LogP contribution in [-0.2, 0) is 13.1 Å². The lowest BCUT2D eigenvalue weighted by Gasteiger charge is -2.16. The first-order valence-corrected chi connectivity index (χ1v) is 7.39. The molecule has 1 atom stereocenters. The van der Waals surface area contributed by atoms with Crippen LogP contribution in [0.15, 0.2) is 18.2 Å². The van der Waals surface area contributed by atoms with Crippen molar-refractivity contribution in [1.29, 1.82) is 0 Å². The molecule has 19 heavy (non-hydrogen) atoms. The molecular weight excluding hydrogens is 239 g/mol. The molecule has 3 heteroatoms. The molecule has 0 spiro atoms. The van der Waals surface area contributed by atoms with Gasteiger partial charge in [-0.1, -0.05) is 26.0 Å². The van der Waals surface area contributed by atoms with Crippen LogP contribution in [0, 0.1) is 11.7 Å². The fourth-order valence-electron chi connectivity index (χ4n) is 2.68. The summed E-state index contributed by atoms with van der Waals surface area (Å²) in [5.74, 6) is 0.677. The van der Waals surface area contributed by atoms with Crippen molar-refractivity contribution in [3.05, 3.63) is 35.1 Å². The Balaban J connectivity index is 1.96. The van der Waals surface area contributed by atoms with Crippen molar-refractivity contribution in [2.24, 2.45) is 5.92 Å². The van der Waals surface area contributed by atoms with Crippen molar-refractivity contribution in [3.8, 4) is 0 Å². The summed E-state index contributed by atoms with van der Waals surface area (Å²) in [4.78, 5) is 2.35. The lowest BCUT2D eigenvalue weighted by Crippen LogP contribution is -2.21. The van der Waals surface area contributed by atoms with Gasteiger partial charge in [-0.3, -0.25) is 4.90 Å². The van der Waals surface area contributed by atoms with E-state index < -0.39 is 0 Å². The van der Waals surface area contributed by atoms with Crippen molar-refractivity contribution >= 4 is 0 Å². The van der Waals surface area contributed by atoms with E-state index in [0.717, 1.165) is 50.6 Å². The van der Waals surface area contributed by atoms with Crippen LogP contribution < -0.4 is 5.32 Å². The molecule has 1 N–H and O–H groups in total. The molecule has 2 rings (SSSR count). The maximum atomic E-state index is 13.9. The van der Waals surface area contributed by atoms with Gasteiger partial charge in [0.1, 0.15) is 5.82 Å². The second kappa shape index (κ2) is 7.01. The number of likely N-dealkylation sites (tertiary alicyclic amines) is 1. The predicted octanol–water partition coefficient (Wildman–Crippen LogP) is 3.17. The third kappa shape index (κ3) is 4.29. The first-order chi connectivity index (χ1) is 9.19. The Morgan fingerprint density at radius 3 is 2.95 bits per heavy atom. The zero-order valence-electron chi connectivity index (χ0n) is 12.1. The minimum Gasteiger partial charge on any atom is -0.313 e. The number of hydrogen-bond acceptors (Lipinski definition) is 2. The highest BCUT2D eigenvalue weighted by atomic mass is 19.1. The van der Waals surface area contributed by atoms with Crippen molar-refractivity contribution in [2.45, 2.75) is 39.8 Å². The Labute approximate surface area is 116 Å². The van der Waals surface area contributed by atoms with E-state index in [1.807, 2.05) is 12.1 Å². The van der Waals surface area contributed by atoms with Gasteiger partial charge in [-0.25, -0.2) is 4.39 Å². The minimum absolute atomic E-state index is 0.0706. The van der Waals surface area contributed by atoms with Crippen LogP contribution in [0.1, 0.15) is 37.8 Å². The summed E-state index contributed by atoms with van der Waals surface area (Å²) in [5.41, 5.74) is 2.02. The van der Waals surface area contributed by atoms with Crippen molar-refractivity contribution in [3.63, 3.8) is 0 Å². The zero-order chi connectivity index (χ0) is 13.7. The second-order valence-corrected chi connectivity index (χ2v) is 5.73. The molecular formula is C16H25FN2. The molecule has 0 bridgehead atoms. The lowest BCUT2D eigenvalue weighted by molar-refractivity contribution is 0.315. The molecule has 1 heterocycles. The molecule has 1 aliphatic heterocycles. The fourth-order valence-corrected chi connectivity index (χ4v) is 2.68. The number of benzene rings is 1. The van der Waals surface area contributed by atoms with Gasteiger partial charge in [-0.05, 0) is 43.5 Å². The molecule has 0 amide bonds. The zero-order valence-corrected chi connectivity index (χ0v) is 12.1. The van der Waals surface area contributed by atoms with Crippen molar-refractivity contribution in [2.75, 3.05) is 19.6 Å².